The minimum absolute atomic E-state index is 0.458. The first-order valence-electron chi connectivity index (χ1n) is 6.94. The third kappa shape index (κ3) is 2.28. The molecule has 0 aromatic carbocycles. The van der Waals surface area contributed by atoms with E-state index in [1.54, 1.807) is 25.4 Å². The van der Waals surface area contributed by atoms with E-state index in [9.17, 15) is 4.79 Å². The maximum absolute atomic E-state index is 10.8. The predicted molar refractivity (Wildman–Crippen MR) is 82.3 cm³/mol. The molecule has 4 aromatic heterocycles. The monoisotopic (exact) mass is 305 g/mol. The number of carbonyl (C=O) groups is 1. The van der Waals surface area contributed by atoms with Gasteiger partial charge in [0.25, 0.3) is 0 Å². The molecule has 4 heterocycles. The summed E-state index contributed by atoms with van der Waals surface area (Å²) in [5.41, 5.74) is 2.81. The first-order chi connectivity index (χ1) is 11.2. The Hall–Kier alpha value is -3.35. The Kier molecular flexibility index (Phi) is 2.97. The summed E-state index contributed by atoms with van der Waals surface area (Å²) in [6, 6.07) is 7.44. The van der Waals surface area contributed by atoms with Gasteiger partial charge in [-0.25, -0.2) is 4.98 Å². The Morgan fingerprint density at radius 1 is 1.17 bits per heavy atom. The SMILES string of the molecule is Cc1nc(-c2ccc(-n3ccc4cc(C=O)cnc43)cn2)no1. The molecule has 0 saturated carbocycles. The molecule has 0 spiro atoms. The van der Waals surface area contributed by atoms with Crippen molar-refractivity contribution in [3.05, 3.63) is 54.3 Å². The van der Waals surface area contributed by atoms with Gasteiger partial charge < -0.3 is 4.52 Å². The van der Waals surface area contributed by atoms with Gasteiger partial charge in [0.2, 0.25) is 11.7 Å². The van der Waals surface area contributed by atoms with Crippen molar-refractivity contribution >= 4 is 17.3 Å². The average molecular weight is 305 g/mol. The number of hydrogen-bond acceptors (Lipinski definition) is 6. The van der Waals surface area contributed by atoms with Gasteiger partial charge in [0.1, 0.15) is 11.3 Å². The second-order valence-corrected chi connectivity index (χ2v) is 5.02. The second-order valence-electron chi connectivity index (χ2n) is 5.02. The Morgan fingerprint density at radius 3 is 2.78 bits per heavy atom. The van der Waals surface area contributed by atoms with E-state index in [0.29, 0.717) is 23.0 Å². The lowest BCUT2D eigenvalue weighted by molar-refractivity contribution is 0.112. The van der Waals surface area contributed by atoms with Crippen LogP contribution in [0.5, 0.6) is 0 Å². The van der Waals surface area contributed by atoms with Gasteiger partial charge in [-0.05, 0) is 24.3 Å². The minimum atomic E-state index is 0.458. The highest BCUT2D eigenvalue weighted by molar-refractivity contribution is 5.85. The van der Waals surface area contributed by atoms with Gasteiger partial charge in [0.15, 0.2) is 6.29 Å². The summed E-state index contributed by atoms with van der Waals surface area (Å²) in [5, 5.41) is 4.74. The fourth-order valence-electron chi connectivity index (χ4n) is 2.38. The van der Waals surface area contributed by atoms with Crippen LogP contribution in [-0.2, 0) is 0 Å². The van der Waals surface area contributed by atoms with Gasteiger partial charge in [-0.3, -0.25) is 14.3 Å². The highest BCUT2D eigenvalue weighted by Gasteiger charge is 2.09. The summed E-state index contributed by atoms with van der Waals surface area (Å²) in [4.78, 5) is 23.7. The molecule has 0 aliphatic heterocycles. The molecule has 0 fully saturated rings. The fraction of sp³-hybridized carbons (Fsp3) is 0.0625. The molecule has 7 nitrogen and oxygen atoms in total. The summed E-state index contributed by atoms with van der Waals surface area (Å²) in [6.07, 6.45) is 5.94. The normalized spacial score (nSPS) is 11.0. The van der Waals surface area contributed by atoms with Crippen LogP contribution in [0.3, 0.4) is 0 Å². The van der Waals surface area contributed by atoms with E-state index in [1.165, 1.54) is 0 Å². The van der Waals surface area contributed by atoms with Crippen LogP contribution < -0.4 is 0 Å². The zero-order valence-electron chi connectivity index (χ0n) is 12.2. The van der Waals surface area contributed by atoms with Crippen molar-refractivity contribution in [2.24, 2.45) is 0 Å². The number of fused-ring (bicyclic) bond motifs is 1. The number of hydrogen-bond donors (Lipinski definition) is 0. The van der Waals surface area contributed by atoms with Crippen LogP contribution in [0.25, 0.3) is 28.2 Å². The lowest BCUT2D eigenvalue weighted by Crippen LogP contribution is -1.96. The Morgan fingerprint density at radius 2 is 2.09 bits per heavy atom. The van der Waals surface area contributed by atoms with Crippen LogP contribution >= 0.6 is 0 Å². The quantitative estimate of drug-likeness (QED) is 0.541. The topological polar surface area (TPSA) is 86.7 Å². The summed E-state index contributed by atoms with van der Waals surface area (Å²) in [5.74, 6) is 0.956. The summed E-state index contributed by atoms with van der Waals surface area (Å²) in [6.45, 7) is 1.73. The van der Waals surface area contributed by atoms with Crippen molar-refractivity contribution in [3.8, 4) is 17.2 Å². The summed E-state index contributed by atoms with van der Waals surface area (Å²) in [7, 11) is 0. The number of aromatic nitrogens is 5. The van der Waals surface area contributed by atoms with Crippen molar-refractivity contribution in [1.82, 2.24) is 24.7 Å². The van der Waals surface area contributed by atoms with Crippen molar-refractivity contribution in [2.45, 2.75) is 6.92 Å². The van der Waals surface area contributed by atoms with E-state index >= 15 is 0 Å². The van der Waals surface area contributed by atoms with Crippen LogP contribution in [-0.4, -0.2) is 31.0 Å². The van der Waals surface area contributed by atoms with Crippen molar-refractivity contribution < 1.29 is 9.32 Å². The highest BCUT2D eigenvalue weighted by Crippen LogP contribution is 2.20. The van der Waals surface area contributed by atoms with Crippen molar-refractivity contribution in [3.63, 3.8) is 0 Å². The van der Waals surface area contributed by atoms with E-state index in [1.807, 2.05) is 29.0 Å². The third-order valence-electron chi connectivity index (χ3n) is 3.47. The minimum Gasteiger partial charge on any atom is -0.339 e. The van der Waals surface area contributed by atoms with Crippen LogP contribution in [0.1, 0.15) is 16.2 Å². The fourth-order valence-corrected chi connectivity index (χ4v) is 2.38. The van der Waals surface area contributed by atoms with Crippen LogP contribution in [0.15, 0.2) is 47.4 Å². The molecule has 0 radical (unpaired) electrons. The van der Waals surface area contributed by atoms with Crippen LogP contribution in [0.2, 0.25) is 0 Å². The largest absolute Gasteiger partial charge is 0.339 e. The van der Waals surface area contributed by atoms with Gasteiger partial charge in [0.05, 0.1) is 11.9 Å². The predicted octanol–water partition coefficient (Wildman–Crippen LogP) is 2.59. The molecule has 0 N–H and O–H groups in total. The van der Waals surface area contributed by atoms with E-state index < -0.39 is 0 Å². The molecule has 4 aromatic rings. The molecule has 0 aliphatic rings. The van der Waals surface area contributed by atoms with Gasteiger partial charge >= 0.3 is 0 Å². The number of aryl methyl sites for hydroxylation is 1. The van der Waals surface area contributed by atoms with Gasteiger partial charge in [-0.2, -0.15) is 4.98 Å². The summed E-state index contributed by atoms with van der Waals surface area (Å²) >= 11 is 0. The molecule has 0 amide bonds. The lowest BCUT2D eigenvalue weighted by Gasteiger charge is -2.04. The maximum Gasteiger partial charge on any atom is 0.223 e. The van der Waals surface area contributed by atoms with Gasteiger partial charge in [-0.15, -0.1) is 0 Å². The molecule has 0 unspecified atom stereocenters. The number of rotatable bonds is 3. The third-order valence-corrected chi connectivity index (χ3v) is 3.47. The van der Waals surface area contributed by atoms with Crippen molar-refractivity contribution in [2.75, 3.05) is 0 Å². The molecule has 0 aliphatic carbocycles. The van der Waals surface area contributed by atoms with E-state index in [4.69, 9.17) is 4.52 Å². The maximum atomic E-state index is 10.8. The van der Waals surface area contributed by atoms with Crippen LogP contribution in [0.4, 0.5) is 0 Å². The molecule has 0 atom stereocenters. The van der Waals surface area contributed by atoms with Crippen LogP contribution in [0, 0.1) is 6.92 Å². The molecule has 23 heavy (non-hydrogen) atoms. The zero-order valence-corrected chi connectivity index (χ0v) is 12.2. The average Bonchev–Trinajstić information content (AvgIpc) is 3.20. The molecular formula is C16H11N5O2. The van der Waals surface area contributed by atoms with E-state index in [2.05, 4.69) is 20.1 Å². The zero-order chi connectivity index (χ0) is 15.8. The van der Waals surface area contributed by atoms with E-state index in [-0.39, 0.29) is 0 Å². The summed E-state index contributed by atoms with van der Waals surface area (Å²) < 4.78 is 6.86. The number of aldehydes is 1. The molecule has 0 saturated heterocycles. The van der Waals surface area contributed by atoms with Gasteiger partial charge in [-0.1, -0.05) is 5.16 Å². The van der Waals surface area contributed by atoms with Gasteiger partial charge in [0, 0.05) is 30.3 Å². The number of carbonyl (C=O) groups excluding carboxylic acids is 1. The number of pyridine rings is 2. The first-order valence-corrected chi connectivity index (χ1v) is 6.94. The molecule has 7 heteroatoms. The second kappa shape index (κ2) is 5.13. The molecule has 4 rings (SSSR count). The lowest BCUT2D eigenvalue weighted by atomic mass is 10.2. The number of nitrogens with zero attached hydrogens (tertiary/aromatic N) is 5. The smallest absolute Gasteiger partial charge is 0.223 e. The Balaban J connectivity index is 1.74. The molecular weight excluding hydrogens is 294 g/mol. The standard InChI is InChI=1S/C16H11N5O2/c1-10-19-15(20-23-10)14-3-2-13(8-17-14)21-5-4-12-6-11(9-22)7-18-16(12)21/h2-9H,1H3. The highest BCUT2D eigenvalue weighted by atomic mass is 16.5. The Labute approximate surface area is 130 Å². The van der Waals surface area contributed by atoms with Crippen molar-refractivity contribution in [1.29, 1.82) is 0 Å². The molecule has 112 valence electrons. The molecule has 0 bridgehead atoms. The first kappa shape index (κ1) is 13.3. The Bertz CT molecular complexity index is 1000. The van der Waals surface area contributed by atoms with E-state index in [0.717, 1.165) is 23.0 Å².